The van der Waals surface area contributed by atoms with Gasteiger partial charge in [-0.1, -0.05) is 24.4 Å². The molecule has 1 aliphatic rings. The standard InChI is InChI=1S/C10H16ClN3O/c1-15-9-5-3-2-4-8(9)14-10(12)7(11)6-13-14/h6,8-9H,2-5,12H2,1H3. The van der Waals surface area contributed by atoms with E-state index in [0.717, 1.165) is 12.8 Å². The average molecular weight is 230 g/mol. The summed E-state index contributed by atoms with van der Waals surface area (Å²) in [6, 6.07) is 0.233. The van der Waals surface area contributed by atoms with Gasteiger partial charge in [0.25, 0.3) is 0 Å². The summed E-state index contributed by atoms with van der Waals surface area (Å²) in [5.41, 5.74) is 5.86. The second kappa shape index (κ2) is 4.41. The van der Waals surface area contributed by atoms with Crippen LogP contribution < -0.4 is 5.73 Å². The molecule has 0 bridgehead atoms. The summed E-state index contributed by atoms with van der Waals surface area (Å²) in [5.74, 6) is 0.547. The summed E-state index contributed by atoms with van der Waals surface area (Å²) >= 11 is 5.89. The molecule has 0 radical (unpaired) electrons. The van der Waals surface area contributed by atoms with Crippen LogP contribution in [0.2, 0.25) is 5.02 Å². The maximum atomic E-state index is 5.89. The first-order chi connectivity index (χ1) is 7.24. The molecule has 1 aliphatic carbocycles. The lowest BCUT2D eigenvalue weighted by Gasteiger charge is -2.31. The number of ether oxygens (including phenoxy) is 1. The van der Waals surface area contributed by atoms with Gasteiger partial charge in [-0.15, -0.1) is 0 Å². The number of hydrogen-bond acceptors (Lipinski definition) is 3. The summed E-state index contributed by atoms with van der Waals surface area (Å²) in [4.78, 5) is 0. The minimum Gasteiger partial charge on any atom is -0.383 e. The molecule has 1 aromatic rings. The first-order valence-corrected chi connectivity index (χ1v) is 5.63. The molecule has 2 atom stereocenters. The Kier molecular flexibility index (Phi) is 3.17. The minimum atomic E-state index is 0.206. The molecule has 0 amide bonds. The summed E-state index contributed by atoms with van der Waals surface area (Å²) in [6.07, 6.45) is 6.33. The van der Waals surface area contributed by atoms with Gasteiger partial charge in [0.2, 0.25) is 0 Å². The Morgan fingerprint density at radius 3 is 2.87 bits per heavy atom. The van der Waals surface area contributed by atoms with Crippen molar-refractivity contribution in [2.24, 2.45) is 0 Å². The third kappa shape index (κ3) is 1.96. The van der Waals surface area contributed by atoms with Crippen molar-refractivity contribution in [3.05, 3.63) is 11.2 Å². The molecule has 0 aromatic carbocycles. The lowest BCUT2D eigenvalue weighted by atomic mass is 9.92. The van der Waals surface area contributed by atoms with E-state index in [4.69, 9.17) is 22.1 Å². The summed E-state index contributed by atoms with van der Waals surface area (Å²) < 4.78 is 7.26. The highest BCUT2D eigenvalue weighted by Crippen LogP contribution is 2.33. The Balaban J connectivity index is 2.24. The summed E-state index contributed by atoms with van der Waals surface area (Å²) in [6.45, 7) is 0. The van der Waals surface area contributed by atoms with E-state index < -0.39 is 0 Å². The van der Waals surface area contributed by atoms with E-state index in [1.165, 1.54) is 12.8 Å². The first kappa shape index (κ1) is 10.8. The molecule has 15 heavy (non-hydrogen) atoms. The van der Waals surface area contributed by atoms with Gasteiger partial charge in [-0.3, -0.25) is 0 Å². The van der Waals surface area contributed by atoms with Gasteiger partial charge in [0.05, 0.1) is 18.3 Å². The van der Waals surface area contributed by atoms with Gasteiger partial charge in [0, 0.05) is 7.11 Å². The molecule has 4 nitrogen and oxygen atoms in total. The molecule has 84 valence electrons. The number of anilines is 1. The summed E-state index contributed by atoms with van der Waals surface area (Å²) in [5, 5.41) is 4.74. The molecule has 1 saturated carbocycles. The molecular formula is C10H16ClN3O. The van der Waals surface area contributed by atoms with Crippen molar-refractivity contribution in [2.45, 2.75) is 37.8 Å². The van der Waals surface area contributed by atoms with Crippen molar-refractivity contribution in [2.75, 3.05) is 12.8 Å². The lowest BCUT2D eigenvalue weighted by Crippen LogP contribution is -2.30. The van der Waals surface area contributed by atoms with Gasteiger partial charge in [-0.05, 0) is 12.8 Å². The molecule has 1 aromatic heterocycles. The number of nitrogen functional groups attached to an aromatic ring is 1. The largest absolute Gasteiger partial charge is 0.383 e. The topological polar surface area (TPSA) is 53.1 Å². The van der Waals surface area contributed by atoms with E-state index >= 15 is 0 Å². The average Bonchev–Trinajstić information content (AvgIpc) is 2.60. The molecule has 0 spiro atoms. The predicted molar refractivity (Wildman–Crippen MR) is 60.0 cm³/mol. The fraction of sp³-hybridized carbons (Fsp3) is 0.700. The van der Waals surface area contributed by atoms with E-state index in [2.05, 4.69) is 5.10 Å². The SMILES string of the molecule is COC1CCCCC1n1ncc(Cl)c1N. The third-order valence-corrected chi connectivity index (χ3v) is 3.36. The number of methoxy groups -OCH3 is 1. The van der Waals surface area contributed by atoms with Gasteiger partial charge >= 0.3 is 0 Å². The van der Waals surface area contributed by atoms with E-state index in [0.29, 0.717) is 10.8 Å². The van der Waals surface area contributed by atoms with Gasteiger partial charge in [0.1, 0.15) is 10.8 Å². The molecule has 2 rings (SSSR count). The molecule has 1 heterocycles. The highest BCUT2D eigenvalue weighted by molar-refractivity contribution is 6.32. The number of nitrogens with two attached hydrogens (primary N) is 1. The zero-order valence-electron chi connectivity index (χ0n) is 8.82. The van der Waals surface area contributed by atoms with Crippen LogP contribution in [0.3, 0.4) is 0 Å². The van der Waals surface area contributed by atoms with Crippen molar-refractivity contribution in [3.63, 3.8) is 0 Å². The van der Waals surface area contributed by atoms with Crippen LogP contribution in [-0.2, 0) is 4.74 Å². The quantitative estimate of drug-likeness (QED) is 0.846. The zero-order valence-corrected chi connectivity index (χ0v) is 9.57. The van der Waals surface area contributed by atoms with Crippen molar-refractivity contribution in [1.29, 1.82) is 0 Å². The number of aromatic nitrogens is 2. The maximum absolute atomic E-state index is 5.89. The van der Waals surface area contributed by atoms with Crippen LogP contribution in [0.25, 0.3) is 0 Å². The molecule has 0 aliphatic heterocycles. The van der Waals surface area contributed by atoms with Crippen LogP contribution in [0.4, 0.5) is 5.82 Å². The molecule has 1 fully saturated rings. The fourth-order valence-electron chi connectivity index (χ4n) is 2.25. The first-order valence-electron chi connectivity index (χ1n) is 5.25. The van der Waals surface area contributed by atoms with Crippen LogP contribution in [0, 0.1) is 0 Å². The van der Waals surface area contributed by atoms with Gasteiger partial charge in [-0.2, -0.15) is 5.10 Å². The van der Waals surface area contributed by atoms with Crippen molar-refractivity contribution < 1.29 is 4.74 Å². The maximum Gasteiger partial charge on any atom is 0.141 e. The van der Waals surface area contributed by atoms with Gasteiger partial charge < -0.3 is 10.5 Å². The Bertz CT molecular complexity index is 339. The highest BCUT2D eigenvalue weighted by Gasteiger charge is 2.28. The van der Waals surface area contributed by atoms with Crippen molar-refractivity contribution in [3.8, 4) is 0 Å². The van der Waals surface area contributed by atoms with E-state index in [1.807, 2.05) is 0 Å². The Morgan fingerprint density at radius 1 is 1.53 bits per heavy atom. The van der Waals surface area contributed by atoms with E-state index in [1.54, 1.807) is 18.0 Å². The van der Waals surface area contributed by atoms with Gasteiger partial charge in [0.15, 0.2) is 0 Å². The van der Waals surface area contributed by atoms with Crippen molar-refractivity contribution in [1.82, 2.24) is 9.78 Å². The van der Waals surface area contributed by atoms with E-state index in [9.17, 15) is 0 Å². The van der Waals surface area contributed by atoms with Crippen LogP contribution in [0.15, 0.2) is 6.20 Å². The normalized spacial score (nSPS) is 26.8. The number of rotatable bonds is 2. The number of halogens is 1. The third-order valence-electron chi connectivity index (χ3n) is 3.07. The van der Waals surface area contributed by atoms with Crippen LogP contribution >= 0.6 is 11.6 Å². The van der Waals surface area contributed by atoms with Crippen LogP contribution in [0.1, 0.15) is 31.7 Å². The molecular weight excluding hydrogens is 214 g/mol. The number of nitrogens with zero attached hydrogens (tertiary/aromatic N) is 2. The Morgan fingerprint density at radius 2 is 2.27 bits per heavy atom. The summed E-state index contributed by atoms with van der Waals surface area (Å²) in [7, 11) is 1.74. The highest BCUT2D eigenvalue weighted by atomic mass is 35.5. The van der Waals surface area contributed by atoms with E-state index in [-0.39, 0.29) is 12.1 Å². The fourth-order valence-corrected chi connectivity index (χ4v) is 2.38. The lowest BCUT2D eigenvalue weighted by molar-refractivity contribution is 0.0254. The molecule has 2 unspecified atom stereocenters. The predicted octanol–water partition coefficient (Wildman–Crippen LogP) is 2.25. The second-order valence-corrected chi connectivity index (χ2v) is 4.36. The van der Waals surface area contributed by atoms with Gasteiger partial charge in [-0.25, -0.2) is 4.68 Å². The molecule has 5 heteroatoms. The monoisotopic (exact) mass is 229 g/mol. The minimum absolute atomic E-state index is 0.206. The van der Waals surface area contributed by atoms with Crippen LogP contribution in [0.5, 0.6) is 0 Å². The smallest absolute Gasteiger partial charge is 0.141 e. The zero-order chi connectivity index (χ0) is 10.8. The van der Waals surface area contributed by atoms with Crippen LogP contribution in [-0.4, -0.2) is 23.0 Å². The molecule has 0 saturated heterocycles. The second-order valence-electron chi connectivity index (χ2n) is 3.95. The molecule has 2 N–H and O–H groups in total. The van der Waals surface area contributed by atoms with Crippen molar-refractivity contribution >= 4 is 17.4 Å². The Hall–Kier alpha value is -0.740. The number of hydrogen-bond donors (Lipinski definition) is 1. The Labute approximate surface area is 94.3 Å².